The summed E-state index contributed by atoms with van der Waals surface area (Å²) >= 11 is 0. The maximum absolute atomic E-state index is 2.37. The smallest absolute Gasteiger partial charge is 0.00270 e. The highest BCUT2D eigenvalue weighted by Crippen LogP contribution is 2.44. The monoisotopic (exact) mass is 314 g/mol. The van der Waals surface area contributed by atoms with E-state index in [1.165, 1.54) is 16.7 Å². The molecule has 0 N–H and O–H groups in total. The number of hydrogen-bond acceptors (Lipinski definition) is 0. The molecule has 0 saturated carbocycles. The molecule has 0 aliphatic carbocycles. The van der Waals surface area contributed by atoms with E-state index >= 15 is 0 Å². The first-order valence-corrected chi connectivity index (χ1v) is 8.96. The summed E-state index contributed by atoms with van der Waals surface area (Å²) in [6.07, 6.45) is 1.14. The molecule has 0 amide bonds. The first kappa shape index (κ1) is 16.5. The molecule has 0 aromatic heterocycles. The maximum Gasteiger partial charge on any atom is -0.00270 e. The second-order valence-electron chi connectivity index (χ2n) is 6.56. The highest BCUT2D eigenvalue weighted by molar-refractivity contribution is 5.34. The Morgan fingerprint density at radius 2 is 1.00 bits per heavy atom. The zero-order valence-corrected chi connectivity index (χ0v) is 14.6. The van der Waals surface area contributed by atoms with Crippen LogP contribution < -0.4 is 0 Å². The average molecular weight is 314 g/mol. The number of benzene rings is 3. The van der Waals surface area contributed by atoms with Crippen LogP contribution in [0.1, 0.15) is 54.7 Å². The molecule has 3 unspecified atom stereocenters. The summed E-state index contributed by atoms with van der Waals surface area (Å²) in [7, 11) is 0. The molecule has 3 aromatic carbocycles. The summed E-state index contributed by atoms with van der Waals surface area (Å²) in [4.78, 5) is 0. The Balaban J connectivity index is 2.05. The van der Waals surface area contributed by atoms with Crippen LogP contribution in [0.3, 0.4) is 0 Å². The van der Waals surface area contributed by atoms with E-state index in [0.29, 0.717) is 17.8 Å². The summed E-state index contributed by atoms with van der Waals surface area (Å²) in [5.41, 5.74) is 4.29. The summed E-state index contributed by atoms with van der Waals surface area (Å²) in [5, 5.41) is 0. The Kier molecular flexibility index (Phi) is 5.48. The fourth-order valence-corrected chi connectivity index (χ4v) is 3.91. The van der Waals surface area contributed by atoms with Crippen LogP contribution in [0.5, 0.6) is 0 Å². The molecule has 0 radical (unpaired) electrons. The Labute approximate surface area is 146 Å². The van der Waals surface area contributed by atoms with Gasteiger partial charge in [-0.05, 0) is 40.9 Å². The van der Waals surface area contributed by atoms with Crippen molar-refractivity contribution in [1.29, 1.82) is 0 Å². The third-order valence-corrected chi connectivity index (χ3v) is 5.15. The molecule has 0 saturated heterocycles. The zero-order chi connectivity index (χ0) is 16.8. The lowest BCUT2D eigenvalue weighted by atomic mass is 9.71. The predicted octanol–water partition coefficient (Wildman–Crippen LogP) is 6.77. The summed E-state index contributed by atoms with van der Waals surface area (Å²) in [6.45, 7) is 4.68. The highest BCUT2D eigenvalue weighted by atomic mass is 14.3. The largest absolute Gasteiger partial charge is 0.0648 e. The molecule has 0 aliphatic rings. The second-order valence-corrected chi connectivity index (χ2v) is 6.56. The number of hydrogen-bond donors (Lipinski definition) is 0. The van der Waals surface area contributed by atoms with E-state index in [-0.39, 0.29) is 0 Å². The minimum Gasteiger partial charge on any atom is -0.0648 e. The topological polar surface area (TPSA) is 0 Å². The standard InChI is InChI=1S/C24H26/c1-3-23(21-15-9-5-10-16-21)24(22-17-11-6-12-18-22)19(2)20-13-7-4-8-14-20/h4-19,23-24H,3H2,1-2H3. The van der Waals surface area contributed by atoms with Gasteiger partial charge in [-0.15, -0.1) is 0 Å². The van der Waals surface area contributed by atoms with Crippen molar-refractivity contribution in [3.8, 4) is 0 Å². The van der Waals surface area contributed by atoms with E-state index in [0.717, 1.165) is 6.42 Å². The molecule has 0 aliphatic heterocycles. The van der Waals surface area contributed by atoms with Crippen molar-refractivity contribution in [2.75, 3.05) is 0 Å². The van der Waals surface area contributed by atoms with Gasteiger partial charge in [0.05, 0.1) is 0 Å². The van der Waals surface area contributed by atoms with Crippen LogP contribution in [-0.2, 0) is 0 Å². The molecular formula is C24H26. The molecule has 0 heteroatoms. The maximum atomic E-state index is 2.37. The minimum atomic E-state index is 0.471. The molecule has 0 nitrogen and oxygen atoms in total. The van der Waals surface area contributed by atoms with E-state index in [4.69, 9.17) is 0 Å². The summed E-state index contributed by atoms with van der Waals surface area (Å²) < 4.78 is 0. The van der Waals surface area contributed by atoms with Gasteiger partial charge in [-0.3, -0.25) is 0 Å². The lowest BCUT2D eigenvalue weighted by Crippen LogP contribution is -2.17. The third kappa shape index (κ3) is 3.59. The summed E-state index contributed by atoms with van der Waals surface area (Å²) in [5.74, 6) is 1.46. The molecule has 122 valence electrons. The molecule has 0 bridgehead atoms. The predicted molar refractivity (Wildman–Crippen MR) is 104 cm³/mol. The zero-order valence-electron chi connectivity index (χ0n) is 14.6. The molecule has 24 heavy (non-hydrogen) atoms. The van der Waals surface area contributed by atoms with Gasteiger partial charge >= 0.3 is 0 Å². The SMILES string of the molecule is CCC(c1ccccc1)C(c1ccccc1)C(C)c1ccccc1. The molecular weight excluding hydrogens is 288 g/mol. The van der Waals surface area contributed by atoms with Crippen LogP contribution in [0.25, 0.3) is 0 Å². The van der Waals surface area contributed by atoms with Gasteiger partial charge in [0.25, 0.3) is 0 Å². The lowest BCUT2D eigenvalue weighted by Gasteiger charge is -2.33. The van der Waals surface area contributed by atoms with Gasteiger partial charge in [-0.25, -0.2) is 0 Å². The van der Waals surface area contributed by atoms with E-state index in [2.05, 4.69) is 105 Å². The number of rotatable bonds is 6. The van der Waals surface area contributed by atoms with Crippen LogP contribution in [0.4, 0.5) is 0 Å². The van der Waals surface area contributed by atoms with Crippen molar-refractivity contribution in [3.05, 3.63) is 108 Å². The van der Waals surface area contributed by atoms with Gasteiger partial charge in [0.1, 0.15) is 0 Å². The van der Waals surface area contributed by atoms with Crippen LogP contribution in [0, 0.1) is 0 Å². The quantitative estimate of drug-likeness (QED) is 0.471. The second kappa shape index (κ2) is 7.97. The Bertz CT molecular complexity index is 716. The van der Waals surface area contributed by atoms with Gasteiger partial charge < -0.3 is 0 Å². The van der Waals surface area contributed by atoms with Gasteiger partial charge in [0, 0.05) is 0 Å². The van der Waals surface area contributed by atoms with Gasteiger partial charge in [-0.2, -0.15) is 0 Å². The van der Waals surface area contributed by atoms with Crippen LogP contribution in [0.2, 0.25) is 0 Å². The molecule has 3 aromatic rings. The molecule has 0 heterocycles. The van der Waals surface area contributed by atoms with Crippen LogP contribution >= 0.6 is 0 Å². The van der Waals surface area contributed by atoms with Crippen molar-refractivity contribution in [2.45, 2.75) is 38.0 Å². The van der Waals surface area contributed by atoms with E-state index in [1.54, 1.807) is 0 Å². The normalized spacial score (nSPS) is 14.8. The Hall–Kier alpha value is -2.34. The minimum absolute atomic E-state index is 0.471. The van der Waals surface area contributed by atoms with E-state index in [9.17, 15) is 0 Å². The lowest BCUT2D eigenvalue weighted by molar-refractivity contribution is 0.461. The summed E-state index contributed by atoms with van der Waals surface area (Å²) in [6, 6.07) is 32.9. The van der Waals surface area contributed by atoms with Gasteiger partial charge in [0.2, 0.25) is 0 Å². The van der Waals surface area contributed by atoms with Crippen molar-refractivity contribution in [3.63, 3.8) is 0 Å². The first-order valence-electron chi connectivity index (χ1n) is 8.96. The van der Waals surface area contributed by atoms with Crippen molar-refractivity contribution < 1.29 is 0 Å². The van der Waals surface area contributed by atoms with Crippen LogP contribution in [-0.4, -0.2) is 0 Å². The fourth-order valence-electron chi connectivity index (χ4n) is 3.91. The molecule has 3 rings (SSSR count). The van der Waals surface area contributed by atoms with Gasteiger partial charge in [-0.1, -0.05) is 105 Å². The fraction of sp³-hybridized carbons (Fsp3) is 0.250. The Morgan fingerprint density at radius 1 is 0.583 bits per heavy atom. The molecule has 3 atom stereocenters. The average Bonchev–Trinajstić information content (AvgIpc) is 2.67. The van der Waals surface area contributed by atoms with Crippen molar-refractivity contribution in [1.82, 2.24) is 0 Å². The first-order chi connectivity index (χ1) is 11.8. The van der Waals surface area contributed by atoms with Gasteiger partial charge in [0.15, 0.2) is 0 Å². The van der Waals surface area contributed by atoms with Crippen molar-refractivity contribution in [2.24, 2.45) is 0 Å². The molecule has 0 spiro atoms. The van der Waals surface area contributed by atoms with E-state index < -0.39 is 0 Å². The van der Waals surface area contributed by atoms with E-state index in [1.807, 2.05) is 0 Å². The highest BCUT2D eigenvalue weighted by Gasteiger charge is 2.29. The molecule has 0 fully saturated rings. The third-order valence-electron chi connectivity index (χ3n) is 5.15. The van der Waals surface area contributed by atoms with Crippen molar-refractivity contribution >= 4 is 0 Å². The van der Waals surface area contributed by atoms with Crippen LogP contribution in [0.15, 0.2) is 91.0 Å². The Morgan fingerprint density at radius 3 is 1.46 bits per heavy atom.